The van der Waals surface area contributed by atoms with Gasteiger partial charge in [0.25, 0.3) is 0 Å². The Morgan fingerprint density at radius 2 is 0.444 bits per heavy atom. The molecular formula is C103H89Cl2N3. The van der Waals surface area contributed by atoms with Gasteiger partial charge in [0.05, 0.1) is 17.1 Å². The molecule has 5 heteroatoms. The van der Waals surface area contributed by atoms with E-state index < -0.39 is 0 Å². The molecule has 0 radical (unpaired) electrons. The number of pyridine rings is 3. The van der Waals surface area contributed by atoms with Gasteiger partial charge in [-0.2, -0.15) is 0 Å². The van der Waals surface area contributed by atoms with Gasteiger partial charge in [-0.05, 0) is 278 Å². The van der Waals surface area contributed by atoms with Crippen molar-refractivity contribution in [3.05, 3.63) is 377 Å². The molecule has 0 unspecified atom stereocenters. The van der Waals surface area contributed by atoms with E-state index in [2.05, 4.69) is 347 Å². The standard InChI is InChI=1S/C103H89Cl2N3/c1-101(2,3)81-53-56-106-98(65-81)75-43-50-92(95(62-75)72-19-11-10-12-20-72)89-24-16-13-21-86(89)78-59-79(87-22-14-17-25-90(87)93-51-44-76(99-66-82(54-57-107-99)102(4,5)6)63-96(93)73-39-31-68(32-40-73)27-29-70-35-46-84(104)47-36-70)61-80(60-78)88-23-15-18-26-91(88)94-52-45-77(100-67-83(55-58-108-100)103(7,8)9)64-97(94)74-41-33-69(34-42-74)28-30-71-37-48-85(105)49-38-71/h10-26,31-67H,27-30H2,1-9H3. The molecule has 0 aliphatic carbocycles. The molecule has 0 bridgehead atoms. The van der Waals surface area contributed by atoms with Gasteiger partial charge in [0.1, 0.15) is 0 Å². The van der Waals surface area contributed by atoms with Crippen molar-refractivity contribution >= 4 is 23.2 Å². The average molecular weight is 1440 g/mol. The van der Waals surface area contributed by atoms with Crippen molar-refractivity contribution in [1.29, 1.82) is 0 Å². The Labute approximate surface area is 648 Å². The Balaban J connectivity index is 0.927. The third kappa shape index (κ3) is 16.2. The van der Waals surface area contributed by atoms with Crippen LogP contribution in [0.5, 0.6) is 0 Å². The van der Waals surface area contributed by atoms with Gasteiger partial charge in [-0.25, -0.2) is 0 Å². The fourth-order valence-electron chi connectivity index (χ4n) is 14.9. The minimum Gasteiger partial charge on any atom is -0.256 e. The lowest BCUT2D eigenvalue weighted by Gasteiger charge is -2.21. The second kappa shape index (κ2) is 30.9. The van der Waals surface area contributed by atoms with Crippen molar-refractivity contribution in [3.8, 4) is 134 Å². The van der Waals surface area contributed by atoms with Gasteiger partial charge in [-0.3, -0.25) is 15.0 Å². The third-order valence-electron chi connectivity index (χ3n) is 21.2. The van der Waals surface area contributed by atoms with Crippen molar-refractivity contribution in [2.75, 3.05) is 0 Å². The van der Waals surface area contributed by atoms with Crippen LogP contribution >= 0.6 is 23.2 Å². The second-order valence-corrected chi connectivity index (χ2v) is 32.6. The molecule has 3 nitrogen and oxygen atoms in total. The third-order valence-corrected chi connectivity index (χ3v) is 21.7. The highest BCUT2D eigenvalue weighted by molar-refractivity contribution is 6.30. The van der Waals surface area contributed by atoms with E-state index in [9.17, 15) is 0 Å². The molecule has 0 aliphatic rings. The summed E-state index contributed by atoms with van der Waals surface area (Å²) in [5, 5.41) is 1.50. The van der Waals surface area contributed by atoms with Gasteiger partial charge >= 0.3 is 0 Å². The Kier molecular flexibility index (Phi) is 20.6. The predicted molar refractivity (Wildman–Crippen MR) is 459 cm³/mol. The normalized spacial score (nSPS) is 11.8. The van der Waals surface area contributed by atoms with Crippen LogP contribution in [0.4, 0.5) is 0 Å². The molecule has 3 aromatic heterocycles. The maximum atomic E-state index is 6.32. The number of benzene rings is 12. The van der Waals surface area contributed by atoms with Crippen LogP contribution in [-0.2, 0) is 41.9 Å². The number of rotatable bonds is 18. The van der Waals surface area contributed by atoms with Crippen LogP contribution in [0.25, 0.3) is 134 Å². The van der Waals surface area contributed by atoms with E-state index in [4.69, 9.17) is 38.2 Å². The summed E-state index contributed by atoms with van der Waals surface area (Å²) < 4.78 is 0. The number of aromatic nitrogens is 3. The average Bonchev–Trinajstić information content (AvgIpc) is 0.762. The summed E-state index contributed by atoms with van der Waals surface area (Å²) in [6.07, 6.45) is 9.52. The van der Waals surface area contributed by atoms with Crippen molar-refractivity contribution in [1.82, 2.24) is 15.0 Å². The van der Waals surface area contributed by atoms with E-state index in [0.29, 0.717) is 0 Å². The van der Waals surface area contributed by atoms with E-state index in [0.717, 1.165) is 170 Å². The van der Waals surface area contributed by atoms with Crippen molar-refractivity contribution in [2.45, 2.75) is 104 Å². The quantitative estimate of drug-likeness (QED) is 0.0859. The SMILES string of the molecule is CC(C)(C)c1ccnc(-c2ccc(-c3ccccc3-c3cc(-c4ccccc4-c4ccc(-c5cc(C(C)(C)C)ccn5)cc4-c4ccc(CCc5ccc(Cl)cc5)cc4)cc(-c4ccccc4-c4ccc(-c5cc(C(C)(C)C)ccn5)cc4-c4ccc(CCc5ccc(Cl)cc5)cc4)c3)c(-c3ccccc3)c2)c1. The van der Waals surface area contributed by atoms with Crippen LogP contribution in [0.15, 0.2) is 328 Å². The summed E-state index contributed by atoms with van der Waals surface area (Å²) in [4.78, 5) is 15.1. The number of aryl methyl sites for hydroxylation is 4. The molecule has 15 rings (SSSR count). The Hall–Kier alpha value is -11.3. The van der Waals surface area contributed by atoms with Crippen LogP contribution in [0.3, 0.4) is 0 Å². The molecule has 0 aliphatic heterocycles. The van der Waals surface area contributed by atoms with Crippen LogP contribution < -0.4 is 0 Å². The summed E-state index contributed by atoms with van der Waals surface area (Å²) in [5.74, 6) is 0. The van der Waals surface area contributed by atoms with E-state index in [1.807, 2.05) is 42.9 Å². The minimum absolute atomic E-state index is 0.0429. The molecule has 0 fully saturated rings. The number of hydrogen-bond acceptors (Lipinski definition) is 3. The van der Waals surface area contributed by atoms with Gasteiger partial charge in [0.2, 0.25) is 0 Å². The van der Waals surface area contributed by atoms with Crippen molar-refractivity contribution in [3.63, 3.8) is 0 Å². The molecule has 530 valence electrons. The van der Waals surface area contributed by atoms with Gasteiger partial charge in [0.15, 0.2) is 0 Å². The maximum Gasteiger partial charge on any atom is 0.0705 e. The molecule has 0 saturated carbocycles. The molecule has 0 saturated heterocycles. The molecule has 0 atom stereocenters. The molecule has 0 spiro atoms. The van der Waals surface area contributed by atoms with Gasteiger partial charge < -0.3 is 0 Å². The van der Waals surface area contributed by atoms with Crippen LogP contribution in [0.1, 0.15) is 101 Å². The smallest absolute Gasteiger partial charge is 0.0705 e. The molecule has 3 heterocycles. The summed E-state index contributed by atoms with van der Waals surface area (Å²) in [5.41, 5.74) is 34.8. The van der Waals surface area contributed by atoms with Gasteiger partial charge in [-0.15, -0.1) is 0 Å². The van der Waals surface area contributed by atoms with E-state index in [-0.39, 0.29) is 16.2 Å². The first kappa shape index (κ1) is 72.2. The summed E-state index contributed by atoms with van der Waals surface area (Å²) in [6.45, 7) is 20.4. The molecule has 108 heavy (non-hydrogen) atoms. The van der Waals surface area contributed by atoms with Crippen molar-refractivity contribution < 1.29 is 0 Å². The predicted octanol–water partition coefficient (Wildman–Crippen LogP) is 28.6. The first-order valence-corrected chi connectivity index (χ1v) is 38.5. The Bertz CT molecular complexity index is 5470. The maximum absolute atomic E-state index is 6.32. The molecular weight excluding hydrogens is 1350 g/mol. The zero-order valence-corrected chi connectivity index (χ0v) is 64.6. The summed E-state index contributed by atoms with van der Waals surface area (Å²) in [7, 11) is 0. The second-order valence-electron chi connectivity index (χ2n) is 31.8. The van der Waals surface area contributed by atoms with Gasteiger partial charge in [-0.1, -0.05) is 298 Å². The number of nitrogens with zero attached hydrogens (tertiary/aromatic N) is 3. The first-order valence-electron chi connectivity index (χ1n) is 37.7. The fourth-order valence-corrected chi connectivity index (χ4v) is 15.2. The van der Waals surface area contributed by atoms with Crippen molar-refractivity contribution in [2.24, 2.45) is 0 Å². The topological polar surface area (TPSA) is 38.7 Å². The zero-order chi connectivity index (χ0) is 74.7. The van der Waals surface area contributed by atoms with Crippen LogP contribution in [0.2, 0.25) is 10.0 Å². The monoisotopic (exact) mass is 1440 g/mol. The highest BCUT2D eigenvalue weighted by atomic mass is 35.5. The van der Waals surface area contributed by atoms with Crippen LogP contribution in [0, 0.1) is 0 Å². The summed E-state index contributed by atoms with van der Waals surface area (Å²) >= 11 is 12.6. The minimum atomic E-state index is -0.0584. The molecule has 12 aromatic carbocycles. The largest absolute Gasteiger partial charge is 0.256 e. The Morgan fingerprint density at radius 3 is 0.731 bits per heavy atom. The highest BCUT2D eigenvalue weighted by Gasteiger charge is 2.24. The van der Waals surface area contributed by atoms with Gasteiger partial charge in [0, 0.05) is 45.3 Å². The fraction of sp³-hybridized carbons (Fsp3) is 0.155. The molecule has 0 N–H and O–H groups in total. The number of hydrogen-bond donors (Lipinski definition) is 0. The number of halogens is 2. The lowest BCUT2D eigenvalue weighted by atomic mass is 9.83. The Morgan fingerprint density at radius 1 is 0.204 bits per heavy atom. The van der Waals surface area contributed by atoms with E-state index in [1.54, 1.807) is 0 Å². The molecule has 0 amide bonds. The first-order chi connectivity index (χ1) is 52.2. The van der Waals surface area contributed by atoms with E-state index in [1.165, 1.54) is 38.9 Å². The summed E-state index contributed by atoms with van der Waals surface area (Å²) in [6, 6.07) is 114. The highest BCUT2D eigenvalue weighted by Crippen LogP contribution is 2.48. The lowest BCUT2D eigenvalue weighted by Crippen LogP contribution is -2.11. The molecule has 15 aromatic rings. The van der Waals surface area contributed by atoms with Crippen LogP contribution in [-0.4, -0.2) is 15.0 Å². The lowest BCUT2D eigenvalue weighted by molar-refractivity contribution is 0.589. The zero-order valence-electron chi connectivity index (χ0n) is 63.1. The van der Waals surface area contributed by atoms with E-state index >= 15 is 0 Å².